The molecule has 0 radical (unpaired) electrons. The molecule has 21 heavy (non-hydrogen) atoms. The summed E-state index contributed by atoms with van der Waals surface area (Å²) in [6.07, 6.45) is 2.57. The van der Waals surface area contributed by atoms with Crippen LogP contribution in [0.3, 0.4) is 0 Å². The zero-order chi connectivity index (χ0) is 15.4. The van der Waals surface area contributed by atoms with Gasteiger partial charge in [-0.3, -0.25) is 14.6 Å². The van der Waals surface area contributed by atoms with Crippen molar-refractivity contribution in [1.29, 1.82) is 0 Å². The average Bonchev–Trinajstić information content (AvgIpc) is 2.41. The molecule has 1 heterocycles. The number of halogens is 1. The molecule has 2 amide bonds. The van der Waals surface area contributed by atoms with Crippen molar-refractivity contribution >= 4 is 34.8 Å². The van der Waals surface area contributed by atoms with Gasteiger partial charge in [0, 0.05) is 18.8 Å². The maximum Gasteiger partial charge on any atom is 0.257 e. The van der Waals surface area contributed by atoms with E-state index in [1.807, 2.05) is 0 Å². The van der Waals surface area contributed by atoms with E-state index in [9.17, 15) is 14.7 Å². The first-order valence-corrected chi connectivity index (χ1v) is 6.36. The highest BCUT2D eigenvalue weighted by molar-refractivity contribution is 6.34. The average molecular weight is 306 g/mol. The lowest BCUT2D eigenvalue weighted by molar-refractivity contribution is -0.114. The van der Waals surface area contributed by atoms with Crippen LogP contribution in [-0.2, 0) is 4.79 Å². The number of nitrogens with one attached hydrogen (secondary N) is 2. The number of hydrogen-bond acceptors (Lipinski definition) is 4. The molecule has 0 unspecified atom stereocenters. The van der Waals surface area contributed by atoms with Crippen LogP contribution in [0.1, 0.15) is 17.3 Å². The van der Waals surface area contributed by atoms with Crippen LogP contribution in [0.2, 0.25) is 5.02 Å². The molecule has 2 aromatic rings. The molecule has 0 saturated heterocycles. The van der Waals surface area contributed by atoms with E-state index in [0.717, 1.165) is 0 Å². The van der Waals surface area contributed by atoms with Crippen LogP contribution in [0, 0.1) is 0 Å². The van der Waals surface area contributed by atoms with Crippen molar-refractivity contribution in [3.63, 3.8) is 0 Å². The first kappa shape index (κ1) is 14.8. The number of pyridine rings is 1. The van der Waals surface area contributed by atoms with Crippen LogP contribution < -0.4 is 10.6 Å². The minimum atomic E-state index is -0.429. The van der Waals surface area contributed by atoms with E-state index < -0.39 is 5.91 Å². The fourth-order valence-corrected chi connectivity index (χ4v) is 1.87. The second-order valence-electron chi connectivity index (χ2n) is 4.26. The molecule has 2 rings (SSSR count). The van der Waals surface area contributed by atoms with Crippen molar-refractivity contribution in [2.24, 2.45) is 0 Å². The van der Waals surface area contributed by atoms with Gasteiger partial charge < -0.3 is 15.7 Å². The summed E-state index contributed by atoms with van der Waals surface area (Å²) >= 11 is 6.01. The van der Waals surface area contributed by atoms with Gasteiger partial charge in [0.15, 0.2) is 0 Å². The fraction of sp³-hybridized carbons (Fsp3) is 0.0714. The summed E-state index contributed by atoms with van der Waals surface area (Å²) in [5.41, 5.74) is 1.14. The monoisotopic (exact) mass is 305 g/mol. The summed E-state index contributed by atoms with van der Waals surface area (Å²) < 4.78 is 0. The summed E-state index contributed by atoms with van der Waals surface area (Å²) in [7, 11) is 0. The Morgan fingerprint density at radius 2 is 1.95 bits per heavy atom. The number of carbonyl (C=O) groups is 2. The van der Waals surface area contributed by atoms with Crippen molar-refractivity contribution < 1.29 is 14.7 Å². The molecule has 6 nitrogen and oxygen atoms in total. The Hall–Kier alpha value is -2.60. The Bertz CT molecular complexity index is 704. The summed E-state index contributed by atoms with van der Waals surface area (Å²) in [4.78, 5) is 26.7. The first-order valence-electron chi connectivity index (χ1n) is 5.98. The van der Waals surface area contributed by atoms with Crippen LogP contribution in [0.15, 0.2) is 36.7 Å². The number of amides is 2. The number of hydrogen-bond donors (Lipinski definition) is 3. The lowest BCUT2D eigenvalue weighted by Gasteiger charge is -2.09. The lowest BCUT2D eigenvalue weighted by Crippen LogP contribution is -2.12. The highest BCUT2D eigenvalue weighted by atomic mass is 35.5. The van der Waals surface area contributed by atoms with Gasteiger partial charge in [-0.25, -0.2) is 0 Å². The van der Waals surface area contributed by atoms with Crippen molar-refractivity contribution in [2.45, 2.75) is 6.92 Å². The van der Waals surface area contributed by atoms with Gasteiger partial charge in [-0.15, -0.1) is 0 Å². The zero-order valence-corrected chi connectivity index (χ0v) is 11.8. The van der Waals surface area contributed by atoms with Gasteiger partial charge >= 0.3 is 0 Å². The number of carbonyl (C=O) groups excluding carboxylic acids is 2. The van der Waals surface area contributed by atoms with E-state index in [4.69, 9.17) is 11.6 Å². The van der Waals surface area contributed by atoms with E-state index >= 15 is 0 Å². The lowest BCUT2D eigenvalue weighted by atomic mass is 10.2. The van der Waals surface area contributed by atoms with E-state index in [1.165, 1.54) is 31.5 Å². The van der Waals surface area contributed by atoms with Gasteiger partial charge in [0.1, 0.15) is 5.75 Å². The third-order valence-corrected chi connectivity index (χ3v) is 2.84. The maximum atomic E-state index is 12.0. The van der Waals surface area contributed by atoms with Crippen LogP contribution in [0.4, 0.5) is 11.4 Å². The molecule has 0 spiro atoms. The Morgan fingerprint density at radius 1 is 1.19 bits per heavy atom. The molecule has 0 saturated carbocycles. The third-order valence-electron chi connectivity index (χ3n) is 2.52. The Balaban J connectivity index is 2.15. The number of aromatic hydroxyl groups is 1. The fourth-order valence-electron chi connectivity index (χ4n) is 1.64. The van der Waals surface area contributed by atoms with Crippen molar-refractivity contribution in [3.05, 3.63) is 47.2 Å². The van der Waals surface area contributed by atoms with E-state index in [-0.39, 0.29) is 17.2 Å². The standard InChI is InChI=1S/C14H12ClN3O3/c1-8(19)17-13-3-2-10(5-12(13)15)18-14(21)9-4-11(20)7-16-6-9/h2-7,20H,1H3,(H,17,19)(H,18,21). The molecule has 108 valence electrons. The largest absolute Gasteiger partial charge is 0.506 e. The highest BCUT2D eigenvalue weighted by Gasteiger charge is 2.09. The van der Waals surface area contributed by atoms with Crippen LogP contribution in [0.25, 0.3) is 0 Å². The van der Waals surface area contributed by atoms with Crippen LogP contribution >= 0.6 is 11.6 Å². The second-order valence-corrected chi connectivity index (χ2v) is 4.67. The zero-order valence-electron chi connectivity index (χ0n) is 11.1. The number of rotatable bonds is 3. The first-order chi connectivity index (χ1) is 9.95. The summed E-state index contributed by atoms with van der Waals surface area (Å²) in [6, 6.07) is 6.00. The van der Waals surface area contributed by atoms with Crippen LogP contribution in [0.5, 0.6) is 5.75 Å². The van der Waals surface area contributed by atoms with Crippen molar-refractivity contribution in [2.75, 3.05) is 10.6 Å². The van der Waals surface area contributed by atoms with Crippen molar-refractivity contribution in [1.82, 2.24) is 4.98 Å². The molecule has 0 bridgehead atoms. The topological polar surface area (TPSA) is 91.3 Å². The molecule has 0 fully saturated rings. The summed E-state index contributed by atoms with van der Waals surface area (Å²) in [5, 5.41) is 14.8. The Labute approximate surface area is 125 Å². The molecule has 1 aromatic heterocycles. The van der Waals surface area contributed by atoms with Gasteiger partial charge in [0.25, 0.3) is 5.91 Å². The predicted molar refractivity (Wildman–Crippen MR) is 79.6 cm³/mol. The van der Waals surface area contributed by atoms with Crippen molar-refractivity contribution in [3.8, 4) is 5.75 Å². The molecule has 1 aromatic carbocycles. The smallest absolute Gasteiger partial charge is 0.257 e. The highest BCUT2D eigenvalue weighted by Crippen LogP contribution is 2.25. The minimum Gasteiger partial charge on any atom is -0.506 e. The Morgan fingerprint density at radius 3 is 2.57 bits per heavy atom. The number of aromatic nitrogens is 1. The number of anilines is 2. The normalized spacial score (nSPS) is 10.0. The van der Waals surface area contributed by atoms with Gasteiger partial charge in [-0.2, -0.15) is 0 Å². The number of nitrogens with zero attached hydrogens (tertiary/aromatic N) is 1. The second kappa shape index (κ2) is 6.23. The van der Waals surface area contributed by atoms with E-state index in [0.29, 0.717) is 16.4 Å². The third kappa shape index (κ3) is 3.93. The van der Waals surface area contributed by atoms with Gasteiger partial charge in [-0.1, -0.05) is 11.6 Å². The number of benzene rings is 1. The molecular weight excluding hydrogens is 294 g/mol. The quantitative estimate of drug-likeness (QED) is 0.813. The molecule has 3 N–H and O–H groups in total. The molecule has 0 aliphatic rings. The van der Waals surface area contributed by atoms with E-state index in [1.54, 1.807) is 12.1 Å². The summed E-state index contributed by atoms with van der Waals surface area (Å²) in [6.45, 7) is 1.38. The van der Waals surface area contributed by atoms with Crippen LogP contribution in [-0.4, -0.2) is 21.9 Å². The molecule has 0 atom stereocenters. The van der Waals surface area contributed by atoms with Gasteiger partial charge in [0.2, 0.25) is 5.91 Å². The molecule has 0 aliphatic carbocycles. The summed E-state index contributed by atoms with van der Waals surface area (Å²) in [5.74, 6) is -0.761. The van der Waals surface area contributed by atoms with E-state index in [2.05, 4.69) is 15.6 Å². The Kier molecular flexibility index (Phi) is 4.39. The SMILES string of the molecule is CC(=O)Nc1ccc(NC(=O)c2cncc(O)c2)cc1Cl. The molecular formula is C14H12ClN3O3. The maximum absolute atomic E-state index is 12.0. The molecule has 7 heteroatoms. The minimum absolute atomic E-state index is 0.0957. The van der Waals surface area contributed by atoms with Gasteiger partial charge in [0.05, 0.1) is 22.5 Å². The molecule has 0 aliphatic heterocycles. The van der Waals surface area contributed by atoms with Gasteiger partial charge in [-0.05, 0) is 24.3 Å². The predicted octanol–water partition coefficient (Wildman–Crippen LogP) is 2.65.